The van der Waals surface area contributed by atoms with Gasteiger partial charge in [-0.1, -0.05) is 0 Å². The van der Waals surface area contributed by atoms with Gasteiger partial charge >= 0.3 is 0 Å². The van der Waals surface area contributed by atoms with E-state index in [1.54, 1.807) is 0 Å². The molecule has 2 atom stereocenters. The van der Waals surface area contributed by atoms with Crippen molar-refractivity contribution < 1.29 is 13.9 Å². The number of anilines is 1. The van der Waals surface area contributed by atoms with Crippen molar-refractivity contribution >= 4 is 5.82 Å². The Bertz CT molecular complexity index is 509. The average molecular weight is 251 g/mol. The predicted molar refractivity (Wildman–Crippen MR) is 61.7 cm³/mol. The normalized spacial score (nSPS) is 28.4. The van der Waals surface area contributed by atoms with Gasteiger partial charge in [-0.05, 0) is 25.3 Å². The van der Waals surface area contributed by atoms with Crippen LogP contribution in [0.25, 0.3) is 0 Å². The van der Waals surface area contributed by atoms with Crippen molar-refractivity contribution in [2.75, 3.05) is 11.9 Å². The van der Waals surface area contributed by atoms with E-state index in [1.165, 1.54) is 0 Å². The fraction of sp³-hybridized carbons (Fsp3) is 0.583. The second kappa shape index (κ2) is 3.63. The number of fused-ring (bicyclic) bond motifs is 1. The van der Waals surface area contributed by atoms with Crippen LogP contribution in [0.1, 0.15) is 19.3 Å². The summed E-state index contributed by atoms with van der Waals surface area (Å²) in [6.07, 6.45) is 5.71. The highest BCUT2D eigenvalue weighted by atomic mass is 19.1. The predicted octanol–water partition coefficient (Wildman–Crippen LogP) is 1.80. The van der Waals surface area contributed by atoms with E-state index in [4.69, 9.17) is 9.47 Å². The number of imidazole rings is 1. The van der Waals surface area contributed by atoms with Gasteiger partial charge in [0.25, 0.3) is 6.01 Å². The topological polar surface area (TPSA) is 59.2 Å². The van der Waals surface area contributed by atoms with Gasteiger partial charge in [0, 0.05) is 12.0 Å². The van der Waals surface area contributed by atoms with Crippen molar-refractivity contribution in [3.63, 3.8) is 0 Å². The molecule has 0 radical (unpaired) electrons. The first-order chi connectivity index (χ1) is 8.78. The zero-order valence-electron chi connectivity index (χ0n) is 9.78. The Kier molecular flexibility index (Phi) is 2.06. The molecule has 18 heavy (non-hydrogen) atoms. The van der Waals surface area contributed by atoms with Gasteiger partial charge in [0.15, 0.2) is 5.82 Å². The number of halogens is 1. The first-order valence-corrected chi connectivity index (χ1v) is 6.30. The zero-order valence-corrected chi connectivity index (χ0v) is 9.78. The van der Waals surface area contributed by atoms with Gasteiger partial charge < -0.3 is 14.8 Å². The molecule has 1 aromatic rings. The van der Waals surface area contributed by atoms with Crippen LogP contribution in [-0.4, -0.2) is 28.7 Å². The number of H-pyrrole nitrogens is 1. The molecule has 2 fully saturated rings. The second-order valence-electron chi connectivity index (χ2n) is 5.10. The molecule has 0 bridgehead atoms. The molecule has 3 aliphatic rings. The van der Waals surface area contributed by atoms with E-state index in [0.29, 0.717) is 24.7 Å². The monoisotopic (exact) mass is 251 g/mol. The lowest BCUT2D eigenvalue weighted by atomic mass is 10.4. The number of hydrogen-bond donors (Lipinski definition) is 2. The van der Waals surface area contributed by atoms with E-state index in [2.05, 4.69) is 21.4 Å². The molecule has 2 N–H and O–H groups in total. The summed E-state index contributed by atoms with van der Waals surface area (Å²) >= 11 is 0. The fourth-order valence-corrected chi connectivity index (χ4v) is 2.11. The third-order valence-electron chi connectivity index (χ3n) is 3.39. The van der Waals surface area contributed by atoms with Crippen molar-refractivity contribution in [3.8, 4) is 6.01 Å². The lowest BCUT2D eigenvalue weighted by Crippen LogP contribution is -2.05. The molecule has 0 aromatic carbocycles. The Labute approximate surface area is 103 Å². The first kappa shape index (κ1) is 10.2. The smallest absolute Gasteiger partial charge is 0.298 e. The van der Waals surface area contributed by atoms with Crippen LogP contribution in [0.5, 0.6) is 6.01 Å². The molecule has 5 nitrogen and oxygen atoms in total. The number of rotatable bonds is 5. The molecule has 0 saturated heterocycles. The second-order valence-corrected chi connectivity index (χ2v) is 5.10. The first-order valence-electron chi connectivity index (χ1n) is 6.30. The van der Waals surface area contributed by atoms with Crippen LogP contribution in [0.4, 0.5) is 10.2 Å². The maximum atomic E-state index is 13.5. The third kappa shape index (κ3) is 1.91. The summed E-state index contributed by atoms with van der Waals surface area (Å²) in [6.45, 7) is 0.308. The van der Waals surface area contributed by atoms with Gasteiger partial charge in [-0.3, -0.25) is 4.98 Å². The fourth-order valence-electron chi connectivity index (χ4n) is 2.11. The summed E-state index contributed by atoms with van der Waals surface area (Å²) in [5, 5.41) is 3.00. The van der Waals surface area contributed by atoms with Crippen molar-refractivity contribution in [1.82, 2.24) is 9.97 Å². The van der Waals surface area contributed by atoms with E-state index in [0.717, 1.165) is 25.0 Å². The van der Waals surface area contributed by atoms with E-state index in [1.807, 2.05) is 0 Å². The van der Waals surface area contributed by atoms with Crippen LogP contribution in [0.15, 0.2) is 11.8 Å². The SMILES string of the molecule is Fc1[nH]c(OCC2=CC3CC3O2)nc1NC1CC1. The molecular formula is C12H14FN3O2. The van der Waals surface area contributed by atoms with Gasteiger partial charge in [-0.25, -0.2) is 0 Å². The molecule has 1 aliphatic heterocycles. The number of ether oxygens (including phenoxy) is 2. The number of hydrogen-bond acceptors (Lipinski definition) is 4. The van der Waals surface area contributed by atoms with E-state index >= 15 is 0 Å². The summed E-state index contributed by atoms with van der Waals surface area (Å²) in [5.41, 5.74) is 0. The number of nitrogens with one attached hydrogen (secondary N) is 2. The Morgan fingerprint density at radius 2 is 2.44 bits per heavy atom. The van der Waals surface area contributed by atoms with Crippen LogP contribution in [-0.2, 0) is 4.74 Å². The summed E-state index contributed by atoms with van der Waals surface area (Å²) in [6, 6.07) is 0.560. The summed E-state index contributed by atoms with van der Waals surface area (Å²) in [4.78, 5) is 6.51. The maximum absolute atomic E-state index is 13.5. The van der Waals surface area contributed by atoms with Crippen molar-refractivity contribution in [3.05, 3.63) is 17.8 Å². The molecule has 2 unspecified atom stereocenters. The maximum Gasteiger partial charge on any atom is 0.298 e. The number of aromatic amines is 1. The van der Waals surface area contributed by atoms with Gasteiger partial charge in [0.2, 0.25) is 5.95 Å². The minimum absolute atomic E-state index is 0.195. The Morgan fingerprint density at radius 1 is 1.56 bits per heavy atom. The van der Waals surface area contributed by atoms with Crippen molar-refractivity contribution in [2.24, 2.45) is 5.92 Å². The van der Waals surface area contributed by atoms with Crippen molar-refractivity contribution in [1.29, 1.82) is 0 Å². The highest BCUT2D eigenvalue weighted by Gasteiger charge is 2.43. The molecule has 4 rings (SSSR count). The van der Waals surface area contributed by atoms with Crippen LogP contribution in [0.3, 0.4) is 0 Å². The minimum atomic E-state index is -0.471. The molecule has 6 heteroatoms. The van der Waals surface area contributed by atoms with Gasteiger partial charge in [0.05, 0.1) is 0 Å². The van der Waals surface area contributed by atoms with Crippen LogP contribution in [0, 0.1) is 11.9 Å². The summed E-state index contributed by atoms with van der Waals surface area (Å²) < 4.78 is 24.4. The van der Waals surface area contributed by atoms with E-state index in [9.17, 15) is 4.39 Å². The zero-order chi connectivity index (χ0) is 12.1. The van der Waals surface area contributed by atoms with Crippen LogP contribution in [0.2, 0.25) is 0 Å². The molecule has 1 aromatic heterocycles. The lowest BCUT2D eigenvalue weighted by Gasteiger charge is -2.05. The molecule has 96 valence electrons. The highest BCUT2D eigenvalue weighted by Crippen LogP contribution is 2.42. The quantitative estimate of drug-likeness (QED) is 0.837. The molecular weight excluding hydrogens is 237 g/mol. The molecule has 2 heterocycles. The Morgan fingerprint density at radius 3 is 3.17 bits per heavy atom. The standard InChI is InChI=1S/C12H14FN3O2/c13-10-11(14-7-1-2-7)16-12(15-10)17-5-8-3-6-4-9(6)18-8/h3,6-7,9,14H,1-2,4-5H2,(H,15,16). The van der Waals surface area contributed by atoms with Crippen LogP contribution >= 0.6 is 0 Å². The van der Waals surface area contributed by atoms with Crippen molar-refractivity contribution in [2.45, 2.75) is 31.4 Å². The summed E-state index contributed by atoms with van der Waals surface area (Å²) in [7, 11) is 0. The molecule has 0 amide bonds. The largest absolute Gasteiger partial charge is 0.491 e. The number of aromatic nitrogens is 2. The minimum Gasteiger partial charge on any atom is -0.491 e. The molecule has 2 saturated carbocycles. The average Bonchev–Trinajstić information content (AvgIpc) is 3.24. The van der Waals surface area contributed by atoms with Gasteiger partial charge in [-0.2, -0.15) is 9.37 Å². The van der Waals surface area contributed by atoms with Crippen LogP contribution < -0.4 is 10.1 Å². The molecule has 2 aliphatic carbocycles. The Hall–Kier alpha value is -1.72. The Balaban J connectivity index is 1.37. The third-order valence-corrected chi connectivity index (χ3v) is 3.39. The highest BCUT2D eigenvalue weighted by molar-refractivity contribution is 5.38. The summed E-state index contributed by atoms with van der Waals surface area (Å²) in [5.74, 6) is 1.17. The number of nitrogens with zero attached hydrogens (tertiary/aromatic N) is 1. The van der Waals surface area contributed by atoms with Gasteiger partial charge in [0.1, 0.15) is 18.5 Å². The van der Waals surface area contributed by atoms with E-state index in [-0.39, 0.29) is 11.8 Å². The van der Waals surface area contributed by atoms with E-state index < -0.39 is 5.95 Å². The molecule has 0 spiro atoms. The lowest BCUT2D eigenvalue weighted by molar-refractivity contribution is 0.163. The van der Waals surface area contributed by atoms with Gasteiger partial charge in [-0.15, -0.1) is 0 Å².